The first-order valence-corrected chi connectivity index (χ1v) is 17.5. The maximum Gasteiger partial charge on any atom is 0.318 e. The highest BCUT2D eigenvalue weighted by Gasteiger charge is 2.39. The van der Waals surface area contributed by atoms with Crippen LogP contribution in [0.15, 0.2) is 49.1 Å². The minimum absolute atomic E-state index is 0.133. The van der Waals surface area contributed by atoms with Crippen molar-refractivity contribution >= 4 is 39.8 Å². The second-order valence-corrected chi connectivity index (χ2v) is 14.0. The summed E-state index contributed by atoms with van der Waals surface area (Å²) in [6.07, 6.45) is 8.90. The highest BCUT2D eigenvalue weighted by molar-refractivity contribution is 6.36. The molecule has 0 N–H and O–H groups in total. The lowest BCUT2D eigenvalue weighted by Crippen LogP contribution is -2.56. The number of carbonyl (C=O) groups excluding carboxylic acids is 1. The Balaban J connectivity index is 1.15. The van der Waals surface area contributed by atoms with Crippen molar-refractivity contribution in [3.8, 4) is 6.01 Å². The second kappa shape index (κ2) is 13.7. The highest BCUT2D eigenvalue weighted by Crippen LogP contribution is 2.45. The van der Waals surface area contributed by atoms with Crippen molar-refractivity contribution in [2.45, 2.75) is 57.2 Å². The molecule has 2 aliphatic heterocycles. The van der Waals surface area contributed by atoms with E-state index in [1.54, 1.807) is 4.90 Å². The maximum absolute atomic E-state index is 12.6. The Bertz CT molecular complexity index is 1670. The van der Waals surface area contributed by atoms with Crippen molar-refractivity contribution < 1.29 is 9.53 Å². The van der Waals surface area contributed by atoms with Crippen LogP contribution in [0.1, 0.15) is 43.4 Å². The number of hydrogen-bond acceptors (Lipinski definition) is 7. The van der Waals surface area contributed by atoms with Gasteiger partial charge in [-0.1, -0.05) is 61.7 Å². The predicted molar refractivity (Wildman–Crippen MR) is 187 cm³/mol. The molecule has 3 atom stereocenters. The summed E-state index contributed by atoms with van der Waals surface area (Å²) >= 11 is 6.74. The van der Waals surface area contributed by atoms with Crippen LogP contribution in [0.2, 0.25) is 5.02 Å². The van der Waals surface area contributed by atoms with Crippen LogP contribution in [0.5, 0.6) is 6.01 Å². The first kappa shape index (κ1) is 31.7. The maximum atomic E-state index is 12.6. The summed E-state index contributed by atoms with van der Waals surface area (Å²) in [5.74, 6) is 2.54. The van der Waals surface area contributed by atoms with E-state index in [0.29, 0.717) is 44.8 Å². The van der Waals surface area contributed by atoms with Crippen LogP contribution in [0.3, 0.4) is 0 Å². The van der Waals surface area contributed by atoms with Crippen molar-refractivity contribution in [2.24, 2.45) is 11.8 Å². The predicted octanol–water partition coefficient (Wildman–Crippen LogP) is 5.86. The molecular weight excluding hydrogens is 610 g/mol. The van der Waals surface area contributed by atoms with Crippen LogP contribution in [-0.2, 0) is 17.8 Å². The van der Waals surface area contributed by atoms with Gasteiger partial charge in [0.1, 0.15) is 18.5 Å². The van der Waals surface area contributed by atoms with Crippen molar-refractivity contribution in [1.82, 2.24) is 19.8 Å². The molecule has 7 rings (SSSR count). The van der Waals surface area contributed by atoms with Crippen molar-refractivity contribution in [3.63, 3.8) is 0 Å². The van der Waals surface area contributed by atoms with Gasteiger partial charge in [0.05, 0.1) is 17.3 Å². The Hall–Kier alpha value is -3.87. The summed E-state index contributed by atoms with van der Waals surface area (Å²) in [6.45, 7) is 15.9. The molecule has 9 nitrogen and oxygen atoms in total. The molecule has 1 amide bonds. The summed E-state index contributed by atoms with van der Waals surface area (Å²) in [7, 11) is 2.23. The molecule has 1 saturated heterocycles. The van der Waals surface area contributed by atoms with E-state index < -0.39 is 0 Å². The molecular formula is C37H44ClN7O2. The number of hydrogen-bond donors (Lipinski definition) is 0. The first-order chi connectivity index (χ1) is 22.9. The molecule has 47 heavy (non-hydrogen) atoms. The number of ether oxygens (including phenoxy) is 1. The molecule has 2 aliphatic carbocycles. The Morgan fingerprint density at radius 3 is 2.68 bits per heavy atom. The van der Waals surface area contributed by atoms with E-state index in [-0.39, 0.29) is 18.5 Å². The normalized spacial score (nSPS) is 23.9. The fourth-order valence-corrected chi connectivity index (χ4v) is 8.81. The zero-order valence-corrected chi connectivity index (χ0v) is 28.0. The van der Waals surface area contributed by atoms with Gasteiger partial charge in [0.2, 0.25) is 12.5 Å². The number of fused-ring (bicyclic) bond motifs is 3. The van der Waals surface area contributed by atoms with E-state index >= 15 is 0 Å². The molecule has 10 heteroatoms. The Morgan fingerprint density at radius 1 is 1.13 bits per heavy atom. The van der Waals surface area contributed by atoms with E-state index in [0.717, 1.165) is 69.9 Å². The van der Waals surface area contributed by atoms with Crippen molar-refractivity contribution in [2.75, 3.05) is 62.7 Å². The summed E-state index contributed by atoms with van der Waals surface area (Å²) < 4.78 is 6.35. The topological polar surface area (TPSA) is 69.4 Å². The molecule has 0 spiro atoms. The minimum atomic E-state index is -0.237. The third-order valence-corrected chi connectivity index (χ3v) is 11.3. The summed E-state index contributed by atoms with van der Waals surface area (Å²) in [5.41, 5.74) is 3.15. The molecule has 3 aromatic rings. The van der Waals surface area contributed by atoms with Crippen LogP contribution in [0.4, 0.5) is 11.5 Å². The lowest BCUT2D eigenvalue weighted by Gasteiger charge is -2.41. The summed E-state index contributed by atoms with van der Waals surface area (Å²) in [4.78, 5) is 35.1. The smallest absolute Gasteiger partial charge is 0.318 e. The van der Waals surface area contributed by atoms with Gasteiger partial charge in [-0.05, 0) is 61.7 Å². The molecule has 2 aromatic carbocycles. The number of rotatable bonds is 9. The number of amides is 1. The van der Waals surface area contributed by atoms with E-state index in [4.69, 9.17) is 32.9 Å². The van der Waals surface area contributed by atoms with Crippen LogP contribution in [0, 0.1) is 18.4 Å². The highest BCUT2D eigenvalue weighted by atomic mass is 35.5. The number of carbonyl (C=O) groups is 1. The van der Waals surface area contributed by atoms with Gasteiger partial charge in [-0.15, -0.1) is 0 Å². The van der Waals surface area contributed by atoms with Gasteiger partial charge in [-0.3, -0.25) is 4.79 Å². The van der Waals surface area contributed by atoms with E-state index in [9.17, 15) is 4.79 Å². The van der Waals surface area contributed by atoms with Crippen molar-refractivity contribution in [3.05, 3.63) is 76.8 Å². The van der Waals surface area contributed by atoms with E-state index in [1.165, 1.54) is 38.2 Å². The summed E-state index contributed by atoms with van der Waals surface area (Å²) in [5, 5.41) is 2.90. The number of aromatic nitrogens is 2. The third kappa shape index (κ3) is 6.38. The molecule has 246 valence electrons. The van der Waals surface area contributed by atoms with Crippen LogP contribution >= 0.6 is 11.6 Å². The largest absolute Gasteiger partial charge is 0.462 e. The van der Waals surface area contributed by atoms with Gasteiger partial charge in [0, 0.05) is 55.4 Å². The first-order valence-electron chi connectivity index (χ1n) is 17.1. The Labute approximate surface area is 283 Å². The average molecular weight is 654 g/mol. The molecule has 2 saturated carbocycles. The zero-order valence-electron chi connectivity index (χ0n) is 27.3. The Morgan fingerprint density at radius 2 is 1.91 bits per heavy atom. The van der Waals surface area contributed by atoms with Gasteiger partial charge in [-0.2, -0.15) is 9.97 Å². The molecule has 2 unspecified atom stereocenters. The zero-order chi connectivity index (χ0) is 32.5. The molecule has 0 bridgehead atoms. The lowest BCUT2D eigenvalue weighted by molar-refractivity contribution is -0.128. The van der Waals surface area contributed by atoms with Gasteiger partial charge >= 0.3 is 6.01 Å². The number of halogens is 1. The molecule has 0 radical (unpaired) electrons. The van der Waals surface area contributed by atoms with Crippen molar-refractivity contribution in [1.29, 1.82) is 0 Å². The number of likely N-dealkylation sites (N-methyl/N-ethyl adjacent to an activating group) is 1. The number of nitrogens with zero attached hydrogens (tertiary/aromatic N) is 7. The van der Waals surface area contributed by atoms with Gasteiger partial charge in [0.15, 0.2) is 0 Å². The van der Waals surface area contributed by atoms with Crippen LogP contribution in [-0.4, -0.2) is 90.7 Å². The van der Waals surface area contributed by atoms with E-state index in [1.807, 2.05) is 12.1 Å². The second-order valence-electron chi connectivity index (χ2n) is 13.6. The molecule has 3 heterocycles. The van der Waals surface area contributed by atoms with Gasteiger partial charge in [-0.25, -0.2) is 6.57 Å². The minimum Gasteiger partial charge on any atom is -0.462 e. The molecule has 1 aromatic heterocycles. The number of piperazine rings is 1. The Kier molecular flexibility index (Phi) is 9.24. The summed E-state index contributed by atoms with van der Waals surface area (Å²) in [6, 6.07) is 13.1. The van der Waals surface area contributed by atoms with Gasteiger partial charge < -0.3 is 29.2 Å². The SMILES string of the molecule is [C-]#[N+]C[C@H]1CN(c2nc(OCCN(C)C3CC4CCCC4C3)nc3c2CCN(c2cccc4cccc(Cl)c24)C3)CCN1C(=O)C=C. The fourth-order valence-electron chi connectivity index (χ4n) is 8.53. The fraction of sp³-hybridized carbons (Fsp3) is 0.514. The average Bonchev–Trinajstić information content (AvgIpc) is 3.71. The lowest BCUT2D eigenvalue weighted by atomic mass is 10.0. The van der Waals surface area contributed by atoms with Gasteiger partial charge in [0.25, 0.3) is 0 Å². The van der Waals surface area contributed by atoms with Crippen LogP contribution in [0.25, 0.3) is 15.6 Å². The third-order valence-electron chi connectivity index (χ3n) is 11.0. The van der Waals surface area contributed by atoms with E-state index in [2.05, 4.69) is 57.4 Å². The quantitative estimate of drug-likeness (QED) is 0.212. The standard InChI is InChI=1S/C37H44ClN7O2/c1-4-34(46)45-17-16-44(23-29(45)22-39-2)36-30-14-15-43(33-13-7-9-25-8-6-12-31(38)35(25)33)24-32(30)40-37(41-36)47-19-18-42(3)28-20-26-10-5-11-27(26)21-28/h4,6-9,12-13,26-29H,1,5,10-11,14-24H2,3H3/t26?,27?,28?,29-/m0/s1. The number of anilines is 2. The molecule has 3 fully saturated rings. The van der Waals surface area contributed by atoms with Crippen LogP contribution < -0.4 is 14.5 Å². The molecule has 4 aliphatic rings. The number of benzene rings is 2. The monoisotopic (exact) mass is 653 g/mol.